The minimum atomic E-state index is -1.40. The highest BCUT2D eigenvalue weighted by Gasteiger charge is 2.55. The molecular weight excluding hydrogens is 450 g/mol. The number of fused-ring (bicyclic) bond motifs is 2. The molecule has 3 aliphatic rings. The zero-order valence-electron chi connectivity index (χ0n) is 19.7. The summed E-state index contributed by atoms with van der Waals surface area (Å²) in [7, 11) is -1.40. The second-order valence-electron chi connectivity index (χ2n) is 10.3. The molecule has 0 saturated heterocycles. The summed E-state index contributed by atoms with van der Waals surface area (Å²) in [6.07, 6.45) is -0.496. The van der Waals surface area contributed by atoms with Gasteiger partial charge in [-0.25, -0.2) is 4.79 Å². The number of ether oxygens (including phenoxy) is 2. The van der Waals surface area contributed by atoms with E-state index in [1.165, 1.54) is 0 Å². The number of benzene rings is 2. The first-order chi connectivity index (χ1) is 16.1. The Morgan fingerprint density at radius 3 is 2.50 bits per heavy atom. The molecule has 4 atom stereocenters. The highest BCUT2D eigenvalue weighted by atomic mass is 28.3. The molecule has 8 heteroatoms. The van der Waals surface area contributed by atoms with Crippen molar-refractivity contribution in [3.05, 3.63) is 65.2 Å². The Balaban J connectivity index is 1.57. The number of phenols is 1. The molecule has 0 aromatic heterocycles. The van der Waals surface area contributed by atoms with Gasteiger partial charge in [0, 0.05) is 20.4 Å². The molecule has 180 valence electrons. The van der Waals surface area contributed by atoms with Gasteiger partial charge >= 0.3 is 12.1 Å². The first kappa shape index (κ1) is 24.0. The van der Waals surface area contributed by atoms with Crippen LogP contribution in [0.3, 0.4) is 0 Å². The number of carbonyl (C=O) groups excluding carboxylic acids is 3. The van der Waals surface area contributed by atoms with Crippen LogP contribution >= 0.6 is 0 Å². The van der Waals surface area contributed by atoms with Gasteiger partial charge in [-0.05, 0) is 34.9 Å². The maximum atomic E-state index is 13.3. The van der Waals surface area contributed by atoms with Gasteiger partial charge in [0.2, 0.25) is 0 Å². The Hall–Kier alpha value is -3.13. The number of phenolic OH excluding ortho intramolecular Hbond substituents is 1. The van der Waals surface area contributed by atoms with Crippen molar-refractivity contribution in [1.82, 2.24) is 5.32 Å². The van der Waals surface area contributed by atoms with Crippen molar-refractivity contribution >= 4 is 25.9 Å². The molecule has 2 bridgehead atoms. The zero-order valence-corrected chi connectivity index (χ0v) is 20.7. The van der Waals surface area contributed by atoms with Crippen molar-refractivity contribution in [3.63, 3.8) is 0 Å². The van der Waals surface area contributed by atoms with Gasteiger partial charge < -0.3 is 19.9 Å². The molecule has 0 aliphatic heterocycles. The van der Waals surface area contributed by atoms with E-state index in [0.29, 0.717) is 12.2 Å². The van der Waals surface area contributed by atoms with Gasteiger partial charge in [0.05, 0.1) is 24.5 Å². The number of alkyl carbamates (subject to hydrolysis) is 1. The smallest absolute Gasteiger partial charge is 0.407 e. The van der Waals surface area contributed by atoms with Crippen LogP contribution in [-0.2, 0) is 25.7 Å². The molecule has 2 N–H and O–H groups in total. The van der Waals surface area contributed by atoms with Gasteiger partial charge in [-0.2, -0.15) is 0 Å². The molecule has 1 saturated carbocycles. The second-order valence-corrected chi connectivity index (χ2v) is 15.9. The van der Waals surface area contributed by atoms with Crippen LogP contribution < -0.4 is 5.32 Å². The van der Waals surface area contributed by atoms with Crippen molar-refractivity contribution in [3.8, 4) is 5.75 Å². The first-order valence-corrected chi connectivity index (χ1v) is 15.3. The van der Waals surface area contributed by atoms with Gasteiger partial charge in [-0.15, -0.1) is 0 Å². The lowest BCUT2D eigenvalue weighted by molar-refractivity contribution is -0.152. The lowest BCUT2D eigenvalue weighted by atomic mass is 9.58. The highest BCUT2D eigenvalue weighted by Crippen LogP contribution is 2.52. The Morgan fingerprint density at radius 1 is 1.06 bits per heavy atom. The molecule has 3 unspecified atom stereocenters. The Labute approximate surface area is 200 Å². The summed E-state index contributed by atoms with van der Waals surface area (Å²) < 4.78 is 11.1. The molecule has 3 aliphatic carbocycles. The van der Waals surface area contributed by atoms with Crippen LogP contribution in [0, 0.1) is 5.92 Å². The van der Waals surface area contributed by atoms with Crippen molar-refractivity contribution in [1.29, 1.82) is 0 Å². The lowest BCUT2D eigenvalue weighted by Crippen LogP contribution is -2.57. The Bertz CT molecular complexity index is 1080. The van der Waals surface area contributed by atoms with E-state index >= 15 is 0 Å². The van der Waals surface area contributed by atoms with E-state index in [1.807, 2.05) is 30.3 Å². The third-order valence-electron chi connectivity index (χ3n) is 6.62. The van der Waals surface area contributed by atoms with Gasteiger partial charge in [0.15, 0.2) is 0 Å². The SMILES string of the molecule is C[Si](C)(C)CCOC(=O)C1C2CC(=O)C(c3cc(O)ccc32)[C@H]1NC(=O)OCc1ccccc1. The minimum absolute atomic E-state index is 0.0405. The number of hydrogen-bond donors (Lipinski definition) is 2. The third-order valence-corrected chi connectivity index (χ3v) is 8.32. The average molecular weight is 482 g/mol. The largest absolute Gasteiger partial charge is 0.508 e. The number of ketones is 1. The summed E-state index contributed by atoms with van der Waals surface area (Å²) in [5.74, 6) is -2.31. The summed E-state index contributed by atoms with van der Waals surface area (Å²) in [6, 6.07) is 14.2. The number of hydrogen-bond acceptors (Lipinski definition) is 6. The topological polar surface area (TPSA) is 102 Å². The normalized spacial score (nSPS) is 23.2. The van der Waals surface area contributed by atoms with Crippen LogP contribution in [0.4, 0.5) is 4.79 Å². The van der Waals surface area contributed by atoms with E-state index in [4.69, 9.17) is 9.47 Å². The van der Waals surface area contributed by atoms with E-state index in [0.717, 1.165) is 17.2 Å². The Morgan fingerprint density at radius 2 is 1.79 bits per heavy atom. The zero-order chi connectivity index (χ0) is 24.5. The summed E-state index contributed by atoms with van der Waals surface area (Å²) in [5, 5.41) is 12.8. The van der Waals surface area contributed by atoms with E-state index in [1.54, 1.807) is 18.2 Å². The van der Waals surface area contributed by atoms with Crippen molar-refractivity contribution < 1.29 is 29.0 Å². The summed E-state index contributed by atoms with van der Waals surface area (Å²) in [4.78, 5) is 39.0. The molecule has 2 aromatic rings. The monoisotopic (exact) mass is 481 g/mol. The number of amides is 1. The van der Waals surface area contributed by atoms with Crippen LogP contribution in [0.1, 0.15) is 34.9 Å². The van der Waals surface area contributed by atoms with Crippen molar-refractivity contribution in [2.24, 2.45) is 5.92 Å². The standard InChI is InChI=1S/C26H31NO6Si/c1-34(2,3)12-11-32-25(30)23-20-14-21(29)22(19-13-17(28)9-10-18(19)20)24(23)27-26(31)33-15-16-7-5-4-6-8-16/h4-10,13,20,22-24,28H,11-12,14-15H2,1-3H3,(H,27,31)/t20?,22?,23?,24-/m1/s1. The number of rotatable bonds is 7. The molecule has 5 rings (SSSR count). The van der Waals surface area contributed by atoms with E-state index < -0.39 is 43.9 Å². The number of aromatic hydroxyl groups is 1. The predicted molar refractivity (Wildman–Crippen MR) is 129 cm³/mol. The van der Waals surface area contributed by atoms with Crippen molar-refractivity contribution in [2.45, 2.75) is 56.6 Å². The molecule has 1 amide bonds. The van der Waals surface area contributed by atoms with Crippen LogP contribution in [0.15, 0.2) is 48.5 Å². The molecule has 34 heavy (non-hydrogen) atoms. The van der Waals surface area contributed by atoms with Gasteiger partial charge in [-0.1, -0.05) is 56.0 Å². The van der Waals surface area contributed by atoms with E-state index in [9.17, 15) is 19.5 Å². The molecule has 2 aromatic carbocycles. The predicted octanol–water partition coefficient (Wildman–Crippen LogP) is 4.34. The maximum absolute atomic E-state index is 13.3. The molecule has 0 heterocycles. The average Bonchev–Trinajstić information content (AvgIpc) is 2.77. The van der Waals surface area contributed by atoms with Gasteiger partial charge in [0.25, 0.3) is 0 Å². The molecule has 7 nitrogen and oxygen atoms in total. The minimum Gasteiger partial charge on any atom is -0.508 e. The van der Waals surface area contributed by atoms with Gasteiger partial charge in [-0.3, -0.25) is 9.59 Å². The van der Waals surface area contributed by atoms with Crippen LogP contribution in [0.25, 0.3) is 0 Å². The van der Waals surface area contributed by atoms with E-state index in [2.05, 4.69) is 25.0 Å². The van der Waals surface area contributed by atoms with Crippen molar-refractivity contribution in [2.75, 3.05) is 6.61 Å². The summed E-state index contributed by atoms with van der Waals surface area (Å²) in [6.45, 7) is 7.02. The van der Waals surface area contributed by atoms with Gasteiger partial charge in [0.1, 0.15) is 18.1 Å². The number of nitrogens with one attached hydrogen (secondary N) is 1. The highest BCUT2D eigenvalue weighted by molar-refractivity contribution is 6.76. The molecule has 0 spiro atoms. The number of carbonyl (C=O) groups is 3. The quantitative estimate of drug-likeness (QED) is 0.451. The second kappa shape index (κ2) is 9.62. The molecule has 0 radical (unpaired) electrons. The number of Topliss-reactive ketones (excluding diaryl/α,β-unsaturated/α-hetero) is 1. The fourth-order valence-electron chi connectivity index (χ4n) is 4.91. The van der Waals surface area contributed by atoms with Crippen LogP contribution in [-0.4, -0.2) is 43.7 Å². The van der Waals surface area contributed by atoms with E-state index in [-0.39, 0.29) is 24.6 Å². The maximum Gasteiger partial charge on any atom is 0.407 e. The summed E-state index contributed by atoms with van der Waals surface area (Å²) in [5.41, 5.74) is 2.34. The Kier molecular flexibility index (Phi) is 6.79. The molecular formula is C26H31NO6Si. The first-order valence-electron chi connectivity index (χ1n) is 11.6. The third kappa shape index (κ3) is 5.17. The lowest BCUT2D eigenvalue weighted by Gasteiger charge is -2.47. The fourth-order valence-corrected chi connectivity index (χ4v) is 5.62. The number of esters is 1. The summed E-state index contributed by atoms with van der Waals surface area (Å²) >= 11 is 0. The van der Waals surface area contributed by atoms with Crippen LogP contribution in [0.5, 0.6) is 5.75 Å². The van der Waals surface area contributed by atoms with Crippen LogP contribution in [0.2, 0.25) is 25.7 Å². The fraction of sp³-hybridized carbons (Fsp3) is 0.423. The molecule has 1 fully saturated rings.